The molecule has 2 aromatic heterocycles. The molecule has 1 fully saturated rings. The molecule has 2 aromatic rings. The number of aliphatic carboxylic acids is 1. The van der Waals surface area contributed by atoms with Crippen molar-refractivity contribution in [3.8, 4) is 0 Å². The van der Waals surface area contributed by atoms with Crippen LogP contribution in [-0.4, -0.2) is 43.1 Å². The number of H-pyrrole nitrogens is 1. The van der Waals surface area contributed by atoms with Crippen molar-refractivity contribution in [3.63, 3.8) is 0 Å². The second-order valence-electron chi connectivity index (χ2n) is 8.50. The van der Waals surface area contributed by atoms with Crippen molar-refractivity contribution < 1.29 is 14.7 Å². The van der Waals surface area contributed by atoms with Gasteiger partial charge in [-0.3, -0.25) is 28.8 Å². The zero-order chi connectivity index (χ0) is 22.0. The molecule has 1 saturated carbocycles. The molecule has 4 N–H and O–H groups in total. The number of carbonyl (C=O) groups excluding carboxylic acids is 1. The van der Waals surface area contributed by atoms with Crippen molar-refractivity contribution in [1.29, 1.82) is 0 Å². The molecule has 0 spiro atoms. The molecule has 168 valence electrons. The molecule has 0 saturated heterocycles. The van der Waals surface area contributed by atoms with Gasteiger partial charge < -0.3 is 15.7 Å². The molecule has 1 aliphatic carbocycles. The van der Waals surface area contributed by atoms with Crippen LogP contribution in [0.4, 0.5) is 5.82 Å². The van der Waals surface area contributed by atoms with Crippen molar-refractivity contribution in [2.75, 3.05) is 11.9 Å². The first-order chi connectivity index (χ1) is 14.9. The van der Waals surface area contributed by atoms with E-state index < -0.39 is 5.97 Å². The maximum Gasteiger partial charge on any atom is 0.300 e. The van der Waals surface area contributed by atoms with Gasteiger partial charge in [-0.05, 0) is 31.9 Å². The van der Waals surface area contributed by atoms with Gasteiger partial charge in [0.25, 0.3) is 11.5 Å². The number of hydrogen-bond donors (Lipinski definition) is 4. The van der Waals surface area contributed by atoms with Crippen LogP contribution < -0.4 is 16.2 Å². The van der Waals surface area contributed by atoms with Gasteiger partial charge in [0.15, 0.2) is 0 Å². The fraction of sp³-hybridized carbons (Fsp3) is 0.619. The third kappa shape index (κ3) is 4.58. The van der Waals surface area contributed by atoms with Crippen LogP contribution in [0.1, 0.15) is 80.8 Å². The largest absolute Gasteiger partial charge is 0.481 e. The molecule has 3 aliphatic rings. The van der Waals surface area contributed by atoms with Crippen LogP contribution in [0.2, 0.25) is 0 Å². The molecule has 1 unspecified atom stereocenters. The molecular formula is C21H30N6O4. The molecule has 10 nitrogen and oxygen atoms in total. The lowest BCUT2D eigenvalue weighted by Crippen LogP contribution is -2.28. The predicted octanol–water partition coefficient (Wildman–Crippen LogP) is 1.94. The first kappa shape index (κ1) is 21.4. The lowest BCUT2D eigenvalue weighted by Gasteiger charge is -2.27. The summed E-state index contributed by atoms with van der Waals surface area (Å²) in [5.41, 5.74) is 2.53. The van der Waals surface area contributed by atoms with E-state index in [1.54, 1.807) is 0 Å². The lowest BCUT2D eigenvalue weighted by atomic mass is 9.90. The van der Waals surface area contributed by atoms with Crippen molar-refractivity contribution in [2.45, 2.75) is 76.9 Å². The van der Waals surface area contributed by atoms with E-state index in [1.807, 2.05) is 9.36 Å². The fourth-order valence-corrected chi connectivity index (χ4v) is 4.80. The molecule has 10 heteroatoms. The number of nitrogens with one attached hydrogen (secondary N) is 3. The molecule has 0 bridgehead atoms. The van der Waals surface area contributed by atoms with Gasteiger partial charge in [0.1, 0.15) is 5.82 Å². The monoisotopic (exact) mass is 430 g/mol. The Balaban J connectivity index is 0.000000535. The van der Waals surface area contributed by atoms with Crippen molar-refractivity contribution >= 4 is 17.7 Å². The number of rotatable bonds is 2. The maximum atomic E-state index is 12.8. The number of aryl methyl sites for hydroxylation is 1. The lowest BCUT2D eigenvalue weighted by molar-refractivity contribution is -0.134. The van der Waals surface area contributed by atoms with Crippen LogP contribution >= 0.6 is 0 Å². The van der Waals surface area contributed by atoms with E-state index in [-0.39, 0.29) is 29.8 Å². The normalized spacial score (nSPS) is 21.2. The molecule has 1 atom stereocenters. The Morgan fingerprint density at radius 1 is 1.19 bits per heavy atom. The Bertz CT molecular complexity index is 986. The minimum Gasteiger partial charge on any atom is -0.481 e. The molecule has 0 aromatic carbocycles. The third-order valence-electron chi connectivity index (χ3n) is 6.17. The second-order valence-corrected chi connectivity index (χ2v) is 8.50. The van der Waals surface area contributed by atoms with E-state index in [2.05, 4.69) is 21.8 Å². The number of aromatic amines is 1. The Morgan fingerprint density at radius 3 is 2.68 bits per heavy atom. The third-order valence-corrected chi connectivity index (χ3v) is 6.17. The van der Waals surface area contributed by atoms with Crippen LogP contribution in [0.5, 0.6) is 0 Å². The average molecular weight is 431 g/mol. The Labute approximate surface area is 180 Å². The molecule has 1 amide bonds. The molecule has 5 rings (SSSR count). The predicted molar refractivity (Wildman–Crippen MR) is 114 cm³/mol. The topological polar surface area (TPSA) is 134 Å². The number of anilines is 1. The van der Waals surface area contributed by atoms with E-state index in [9.17, 15) is 9.59 Å². The average Bonchev–Trinajstić information content (AvgIpc) is 3.21. The van der Waals surface area contributed by atoms with E-state index in [1.165, 1.54) is 6.42 Å². The zero-order valence-electron chi connectivity index (χ0n) is 17.8. The van der Waals surface area contributed by atoms with E-state index in [0.29, 0.717) is 11.4 Å². The number of aromatic nitrogens is 4. The van der Waals surface area contributed by atoms with Crippen molar-refractivity contribution in [2.24, 2.45) is 0 Å². The van der Waals surface area contributed by atoms with Crippen LogP contribution in [0.3, 0.4) is 0 Å². The van der Waals surface area contributed by atoms with Crippen LogP contribution in [0.15, 0.2) is 10.9 Å². The Kier molecular flexibility index (Phi) is 6.26. The molecule has 0 radical (unpaired) electrons. The maximum absolute atomic E-state index is 12.8. The SMILES string of the molecule is CC(=O)O.O=C1CC(c2cc3n(n2)CCCNC3)c2c(n(C3CCCCC3)[nH]c2=O)N1. The number of carboxylic acid groups (broad SMARTS) is 1. The van der Waals surface area contributed by atoms with Crippen LogP contribution in [0.25, 0.3) is 0 Å². The zero-order valence-corrected chi connectivity index (χ0v) is 17.8. The van der Waals surface area contributed by atoms with Gasteiger partial charge in [-0.15, -0.1) is 0 Å². The van der Waals surface area contributed by atoms with Gasteiger partial charge in [0, 0.05) is 32.4 Å². The van der Waals surface area contributed by atoms with Gasteiger partial charge in [-0.25, -0.2) is 0 Å². The first-order valence-electron chi connectivity index (χ1n) is 11.0. The highest BCUT2D eigenvalue weighted by molar-refractivity contribution is 5.94. The quantitative estimate of drug-likeness (QED) is 0.575. The summed E-state index contributed by atoms with van der Waals surface area (Å²) < 4.78 is 3.94. The summed E-state index contributed by atoms with van der Waals surface area (Å²) in [4.78, 5) is 34.3. The van der Waals surface area contributed by atoms with Crippen LogP contribution in [0, 0.1) is 0 Å². The molecule has 31 heavy (non-hydrogen) atoms. The minimum absolute atomic E-state index is 0.0441. The summed E-state index contributed by atoms with van der Waals surface area (Å²) >= 11 is 0. The van der Waals surface area contributed by atoms with Crippen LogP contribution in [-0.2, 0) is 22.7 Å². The number of amides is 1. The smallest absolute Gasteiger partial charge is 0.300 e. The van der Waals surface area contributed by atoms with Crippen molar-refractivity contribution in [1.82, 2.24) is 24.9 Å². The molecule has 2 aliphatic heterocycles. The van der Waals surface area contributed by atoms with E-state index in [4.69, 9.17) is 15.0 Å². The highest BCUT2D eigenvalue weighted by Gasteiger charge is 2.36. The highest BCUT2D eigenvalue weighted by atomic mass is 16.4. The Morgan fingerprint density at radius 2 is 1.94 bits per heavy atom. The second kappa shape index (κ2) is 9.09. The van der Waals surface area contributed by atoms with Gasteiger partial charge in [-0.2, -0.15) is 5.10 Å². The fourth-order valence-electron chi connectivity index (χ4n) is 4.80. The highest BCUT2D eigenvalue weighted by Crippen LogP contribution is 2.38. The minimum atomic E-state index is -0.833. The number of hydrogen-bond acceptors (Lipinski definition) is 5. The van der Waals surface area contributed by atoms with Crippen molar-refractivity contribution in [3.05, 3.63) is 33.4 Å². The summed E-state index contributed by atoms with van der Waals surface area (Å²) in [6, 6.07) is 2.32. The number of nitrogens with zero attached hydrogens (tertiary/aromatic N) is 3. The first-order valence-corrected chi connectivity index (χ1v) is 11.0. The summed E-state index contributed by atoms with van der Waals surface area (Å²) in [7, 11) is 0. The standard InChI is InChI=1S/C19H26N6O2.C2H4O2/c26-16-10-14(15-9-13-11-20-7-4-8-24(13)22-15)17-18(21-16)25(23-19(17)27)12-5-2-1-3-6-12;1-2(3)4/h9,12,14,20H,1-8,10-11H2,(H,21,26)(H,23,27);1H3,(H,3,4). The number of carboxylic acids is 1. The van der Waals surface area contributed by atoms with Gasteiger partial charge in [0.2, 0.25) is 5.91 Å². The number of fused-ring (bicyclic) bond motifs is 2. The number of carbonyl (C=O) groups is 2. The van der Waals surface area contributed by atoms with Gasteiger partial charge in [0.05, 0.1) is 23.0 Å². The molecular weight excluding hydrogens is 400 g/mol. The van der Waals surface area contributed by atoms with E-state index >= 15 is 0 Å². The summed E-state index contributed by atoms with van der Waals surface area (Å²) in [6.07, 6.45) is 6.96. The molecule has 4 heterocycles. The summed E-state index contributed by atoms with van der Waals surface area (Å²) in [6.45, 7) is 3.71. The van der Waals surface area contributed by atoms with E-state index in [0.717, 1.165) is 70.0 Å². The van der Waals surface area contributed by atoms with Gasteiger partial charge >= 0.3 is 0 Å². The van der Waals surface area contributed by atoms with Gasteiger partial charge in [-0.1, -0.05) is 19.3 Å². The Hall–Kier alpha value is -2.88. The summed E-state index contributed by atoms with van der Waals surface area (Å²) in [5.74, 6) is -0.492. The summed E-state index contributed by atoms with van der Waals surface area (Å²) in [5, 5.41) is 21.6.